The molecule has 64 heavy (non-hydrogen) atoms. The van der Waals surface area contributed by atoms with Gasteiger partial charge in [0.2, 0.25) is 0 Å². The summed E-state index contributed by atoms with van der Waals surface area (Å²) in [5, 5.41) is 0. The van der Waals surface area contributed by atoms with Crippen LogP contribution in [0.5, 0.6) is 0 Å². The topological polar surface area (TPSA) is 3.24 Å². The Hall–Kier alpha value is -7.22. The molecule has 0 saturated heterocycles. The van der Waals surface area contributed by atoms with Crippen LogP contribution in [0.15, 0.2) is 200 Å². The van der Waals surface area contributed by atoms with E-state index in [-0.39, 0.29) is 16.2 Å². The van der Waals surface area contributed by atoms with Crippen molar-refractivity contribution in [1.82, 2.24) is 0 Å². The first kappa shape index (κ1) is 38.5. The van der Waals surface area contributed by atoms with E-state index < -0.39 is 0 Å². The van der Waals surface area contributed by atoms with E-state index in [4.69, 9.17) is 0 Å². The molecule has 0 heterocycles. The highest BCUT2D eigenvalue weighted by Crippen LogP contribution is 2.58. The van der Waals surface area contributed by atoms with E-state index in [0.29, 0.717) is 0 Å². The maximum Gasteiger partial charge on any atom is 0.0465 e. The smallest absolute Gasteiger partial charge is 0.0465 e. The Balaban J connectivity index is 0.965. The molecule has 1 heteroatoms. The van der Waals surface area contributed by atoms with Crippen molar-refractivity contribution in [1.29, 1.82) is 0 Å². The molecule has 3 aliphatic carbocycles. The first-order valence-electron chi connectivity index (χ1n) is 22.8. The van der Waals surface area contributed by atoms with Crippen molar-refractivity contribution in [2.75, 3.05) is 4.90 Å². The third kappa shape index (κ3) is 5.63. The molecule has 0 atom stereocenters. The summed E-state index contributed by atoms with van der Waals surface area (Å²) < 4.78 is 0. The fraction of sp³-hybridized carbons (Fsp3) is 0.143. The highest BCUT2D eigenvalue weighted by molar-refractivity contribution is 5.94. The molecule has 0 N–H and O–H groups in total. The molecule has 1 nitrogen and oxygen atoms in total. The van der Waals surface area contributed by atoms with Gasteiger partial charge in [-0.15, -0.1) is 0 Å². The number of anilines is 3. The quantitative estimate of drug-likeness (QED) is 0.161. The standard InChI is InChI=1S/C63H51N/c1-61(2)55-23-14-13-20-49(55)50-34-32-46(36-56(50)61)64(45-30-28-43(29-31-45)42-26-24-41(25-27-42)40-16-9-7-10-17-40)47-33-35-51-53-38-59-54(39-58(53)62(3,4)57(51)37-47)52-22-15-21-48(60(52)63(59,5)6)44-18-11-8-12-19-44/h7-39H,1-6H3. The Kier molecular flexibility index (Phi) is 8.35. The van der Waals surface area contributed by atoms with Gasteiger partial charge in [-0.05, 0) is 149 Å². The van der Waals surface area contributed by atoms with Gasteiger partial charge in [-0.25, -0.2) is 0 Å². The van der Waals surface area contributed by atoms with Crippen molar-refractivity contribution < 1.29 is 0 Å². The number of hydrogen-bond acceptors (Lipinski definition) is 1. The Morgan fingerprint density at radius 3 is 1.25 bits per heavy atom. The van der Waals surface area contributed by atoms with Crippen molar-refractivity contribution in [3.63, 3.8) is 0 Å². The molecule has 0 aliphatic heterocycles. The second kappa shape index (κ2) is 13.9. The summed E-state index contributed by atoms with van der Waals surface area (Å²) in [5.74, 6) is 0. The lowest BCUT2D eigenvalue weighted by atomic mass is 9.77. The van der Waals surface area contributed by atoms with Crippen molar-refractivity contribution >= 4 is 17.1 Å². The lowest BCUT2D eigenvalue weighted by Gasteiger charge is -2.30. The summed E-state index contributed by atoms with van der Waals surface area (Å²) in [7, 11) is 0. The minimum atomic E-state index is -0.206. The minimum Gasteiger partial charge on any atom is -0.310 e. The van der Waals surface area contributed by atoms with Crippen LogP contribution in [-0.4, -0.2) is 0 Å². The van der Waals surface area contributed by atoms with Crippen LogP contribution in [0.4, 0.5) is 17.1 Å². The monoisotopic (exact) mass is 821 g/mol. The predicted octanol–water partition coefficient (Wildman–Crippen LogP) is 17.1. The molecule has 0 saturated carbocycles. The fourth-order valence-electron chi connectivity index (χ4n) is 11.7. The van der Waals surface area contributed by atoms with Gasteiger partial charge in [-0.2, -0.15) is 0 Å². The summed E-state index contributed by atoms with van der Waals surface area (Å²) in [6.07, 6.45) is 0. The lowest BCUT2D eigenvalue weighted by Crippen LogP contribution is -2.18. The van der Waals surface area contributed by atoms with E-state index in [1.807, 2.05) is 0 Å². The zero-order chi connectivity index (χ0) is 43.5. The van der Waals surface area contributed by atoms with E-state index in [1.54, 1.807) is 0 Å². The highest BCUT2D eigenvalue weighted by Gasteiger charge is 2.43. The normalized spacial score (nSPS) is 15.1. The average Bonchev–Trinajstić information content (AvgIpc) is 3.81. The molecule has 9 aromatic carbocycles. The van der Waals surface area contributed by atoms with E-state index in [2.05, 4.69) is 247 Å². The molecule has 0 unspecified atom stereocenters. The summed E-state index contributed by atoms with van der Waals surface area (Å²) in [6.45, 7) is 14.4. The molecule has 0 spiro atoms. The Bertz CT molecular complexity index is 3310. The molecule has 0 amide bonds. The van der Waals surface area contributed by atoms with Crippen LogP contribution in [0.1, 0.15) is 74.9 Å². The third-order valence-corrected chi connectivity index (χ3v) is 15.1. The lowest BCUT2D eigenvalue weighted by molar-refractivity contribution is 0.653. The second-order valence-electron chi connectivity index (χ2n) is 19.7. The van der Waals surface area contributed by atoms with E-state index >= 15 is 0 Å². The fourth-order valence-corrected chi connectivity index (χ4v) is 11.7. The van der Waals surface area contributed by atoms with Crippen LogP contribution in [0.3, 0.4) is 0 Å². The number of rotatable bonds is 6. The molecule has 308 valence electrons. The largest absolute Gasteiger partial charge is 0.310 e. The minimum absolute atomic E-state index is 0.112. The molecule has 12 rings (SSSR count). The third-order valence-electron chi connectivity index (χ3n) is 15.1. The highest BCUT2D eigenvalue weighted by atomic mass is 15.1. The predicted molar refractivity (Wildman–Crippen MR) is 270 cm³/mol. The maximum atomic E-state index is 2.54. The molecular formula is C63H51N. The van der Waals surface area contributed by atoms with Crippen LogP contribution in [0, 0.1) is 0 Å². The van der Waals surface area contributed by atoms with E-state index in [9.17, 15) is 0 Å². The first-order chi connectivity index (χ1) is 31.0. The number of hydrogen-bond donors (Lipinski definition) is 0. The number of benzene rings is 9. The van der Waals surface area contributed by atoms with E-state index in [0.717, 1.165) is 5.69 Å². The van der Waals surface area contributed by atoms with Crippen LogP contribution < -0.4 is 4.90 Å². The van der Waals surface area contributed by atoms with Crippen molar-refractivity contribution in [2.24, 2.45) is 0 Å². The molecule has 0 bridgehead atoms. The molecule has 9 aromatic rings. The summed E-state index contributed by atoms with van der Waals surface area (Å²) in [4.78, 5) is 2.48. The first-order valence-corrected chi connectivity index (χ1v) is 22.8. The number of nitrogens with zero attached hydrogens (tertiary/aromatic N) is 1. The Labute approximate surface area is 378 Å². The Morgan fingerprint density at radius 2 is 0.641 bits per heavy atom. The molecule has 0 fully saturated rings. The van der Waals surface area contributed by atoms with Crippen LogP contribution in [0.2, 0.25) is 0 Å². The van der Waals surface area contributed by atoms with Crippen molar-refractivity contribution in [2.45, 2.75) is 57.8 Å². The van der Waals surface area contributed by atoms with Gasteiger partial charge >= 0.3 is 0 Å². The summed E-state index contributed by atoms with van der Waals surface area (Å²) in [6, 6.07) is 74.9. The SMILES string of the molecule is CC1(C)c2ccccc2-c2ccc(N(c3ccc(-c4ccc(-c5ccccc5)cc4)cc3)c3ccc4c(c3)C(C)(C)c3cc5c(cc3-4)C(C)(C)c3c(-c4ccccc4)cccc3-5)cc21. The van der Waals surface area contributed by atoms with Crippen LogP contribution >= 0.6 is 0 Å². The zero-order valence-corrected chi connectivity index (χ0v) is 37.5. The molecule has 0 radical (unpaired) electrons. The zero-order valence-electron chi connectivity index (χ0n) is 37.5. The van der Waals surface area contributed by atoms with Gasteiger partial charge in [-0.3, -0.25) is 0 Å². The average molecular weight is 822 g/mol. The van der Waals surface area contributed by atoms with Gasteiger partial charge in [0.15, 0.2) is 0 Å². The van der Waals surface area contributed by atoms with Gasteiger partial charge in [0.25, 0.3) is 0 Å². The van der Waals surface area contributed by atoms with Crippen LogP contribution in [0.25, 0.3) is 66.8 Å². The van der Waals surface area contributed by atoms with E-state index in [1.165, 1.54) is 112 Å². The molecule has 0 aromatic heterocycles. The van der Waals surface area contributed by atoms with Crippen molar-refractivity contribution in [3.8, 4) is 66.8 Å². The van der Waals surface area contributed by atoms with Gasteiger partial charge in [0.1, 0.15) is 0 Å². The van der Waals surface area contributed by atoms with Gasteiger partial charge in [0.05, 0.1) is 0 Å². The van der Waals surface area contributed by atoms with Crippen LogP contribution in [-0.2, 0) is 16.2 Å². The summed E-state index contributed by atoms with van der Waals surface area (Å²) in [5.41, 5.74) is 27.0. The van der Waals surface area contributed by atoms with Gasteiger partial charge in [-0.1, -0.05) is 193 Å². The maximum absolute atomic E-state index is 2.54. The number of fused-ring (bicyclic) bond motifs is 9. The second-order valence-corrected chi connectivity index (χ2v) is 19.7. The van der Waals surface area contributed by atoms with Gasteiger partial charge in [0, 0.05) is 33.3 Å². The summed E-state index contributed by atoms with van der Waals surface area (Å²) >= 11 is 0. The van der Waals surface area contributed by atoms with Gasteiger partial charge < -0.3 is 4.90 Å². The van der Waals surface area contributed by atoms with Crippen molar-refractivity contribution in [3.05, 3.63) is 234 Å². The Morgan fingerprint density at radius 1 is 0.250 bits per heavy atom. The molecule has 3 aliphatic rings. The molecular weight excluding hydrogens is 771 g/mol.